The largest absolute Gasteiger partial charge is 0.454 e. The van der Waals surface area contributed by atoms with Gasteiger partial charge >= 0.3 is 0 Å². The number of hydrogen-bond donors (Lipinski definition) is 1. The molecule has 0 radical (unpaired) electrons. The van der Waals surface area contributed by atoms with Crippen LogP contribution in [-0.2, 0) is 0 Å². The second-order valence-corrected chi connectivity index (χ2v) is 7.04. The van der Waals surface area contributed by atoms with Crippen LogP contribution < -0.4 is 14.8 Å². The average Bonchev–Trinajstić information content (AvgIpc) is 3.45. The third-order valence-electron chi connectivity index (χ3n) is 4.47. The van der Waals surface area contributed by atoms with E-state index in [1.165, 1.54) is 6.07 Å². The highest BCUT2D eigenvalue weighted by Crippen LogP contribution is 2.36. The van der Waals surface area contributed by atoms with Crippen LogP contribution in [0.15, 0.2) is 68.1 Å². The molecule has 1 N–H and O–H groups in total. The molecule has 1 amide bonds. The van der Waals surface area contributed by atoms with Gasteiger partial charge in [-0.3, -0.25) is 9.59 Å². The number of ether oxygens (including phenoxy) is 2. The SMILES string of the molecule is O=C(Nc1c(C(=O)c2ccc3c(c2)OCO3)oc2ccccc12)c1ccc(Br)o1. The molecule has 0 unspecified atom stereocenters. The molecule has 1 aliphatic rings. The fraction of sp³-hybridized carbons (Fsp3) is 0.0476. The zero-order chi connectivity index (χ0) is 20.0. The number of amides is 1. The van der Waals surface area contributed by atoms with Crippen LogP contribution in [0.5, 0.6) is 11.5 Å². The van der Waals surface area contributed by atoms with Crippen LogP contribution >= 0.6 is 15.9 Å². The van der Waals surface area contributed by atoms with E-state index in [0.29, 0.717) is 32.7 Å². The third-order valence-corrected chi connectivity index (χ3v) is 4.90. The van der Waals surface area contributed by atoms with Gasteiger partial charge in [-0.2, -0.15) is 0 Å². The van der Waals surface area contributed by atoms with Gasteiger partial charge in [0.25, 0.3) is 5.91 Å². The summed E-state index contributed by atoms with van der Waals surface area (Å²) in [6.07, 6.45) is 0. The monoisotopic (exact) mass is 453 g/mol. The number of furan rings is 2. The van der Waals surface area contributed by atoms with Crippen LogP contribution in [0.2, 0.25) is 0 Å². The number of para-hydroxylation sites is 1. The van der Waals surface area contributed by atoms with Crippen molar-refractivity contribution in [2.75, 3.05) is 12.1 Å². The first kappa shape index (κ1) is 17.6. The lowest BCUT2D eigenvalue weighted by Crippen LogP contribution is -2.13. The maximum absolute atomic E-state index is 13.2. The maximum atomic E-state index is 13.2. The molecular weight excluding hydrogens is 442 g/mol. The molecule has 0 aliphatic carbocycles. The Kier molecular flexibility index (Phi) is 4.13. The molecule has 5 rings (SSSR count). The van der Waals surface area contributed by atoms with Gasteiger partial charge in [0.05, 0.1) is 5.69 Å². The molecule has 0 bridgehead atoms. The van der Waals surface area contributed by atoms with Crippen LogP contribution in [0.25, 0.3) is 11.0 Å². The van der Waals surface area contributed by atoms with Crippen LogP contribution in [0.1, 0.15) is 26.7 Å². The molecule has 7 nitrogen and oxygen atoms in total. The van der Waals surface area contributed by atoms with Crippen molar-refractivity contribution in [1.82, 2.24) is 0 Å². The molecule has 0 spiro atoms. The third kappa shape index (κ3) is 3.07. The standard InChI is InChI=1S/C21H12BrNO6/c22-17-8-7-15(28-17)21(25)23-18-12-3-1-2-4-13(12)29-20(18)19(24)11-5-6-14-16(9-11)27-10-26-14/h1-9H,10H2,(H,23,25). The molecule has 2 aromatic carbocycles. The van der Waals surface area contributed by atoms with E-state index in [2.05, 4.69) is 21.2 Å². The summed E-state index contributed by atoms with van der Waals surface area (Å²) in [6.45, 7) is 0.109. The Labute approximate surface area is 172 Å². The van der Waals surface area contributed by atoms with Gasteiger partial charge in [0.15, 0.2) is 27.7 Å². The molecule has 0 saturated carbocycles. The van der Waals surface area contributed by atoms with Crippen LogP contribution in [-0.4, -0.2) is 18.5 Å². The molecule has 0 saturated heterocycles. The normalized spacial score (nSPS) is 12.3. The molecular formula is C21H12BrNO6. The zero-order valence-electron chi connectivity index (χ0n) is 14.7. The fourth-order valence-corrected chi connectivity index (χ4v) is 3.42. The van der Waals surface area contributed by atoms with Gasteiger partial charge < -0.3 is 23.6 Å². The van der Waals surface area contributed by atoms with E-state index >= 15 is 0 Å². The van der Waals surface area contributed by atoms with Crippen molar-refractivity contribution in [2.24, 2.45) is 0 Å². The number of halogens is 1. The van der Waals surface area contributed by atoms with Crippen molar-refractivity contribution in [1.29, 1.82) is 0 Å². The first-order valence-electron chi connectivity index (χ1n) is 8.63. The highest BCUT2D eigenvalue weighted by molar-refractivity contribution is 9.10. The minimum atomic E-state index is -0.498. The van der Waals surface area contributed by atoms with Gasteiger partial charge in [0.2, 0.25) is 12.6 Å². The Hall–Kier alpha value is -3.52. The van der Waals surface area contributed by atoms with Crippen molar-refractivity contribution < 1.29 is 27.9 Å². The predicted octanol–water partition coefficient (Wildman–Crippen LogP) is 5.00. The number of ketones is 1. The van der Waals surface area contributed by atoms with Crippen molar-refractivity contribution in [3.8, 4) is 11.5 Å². The van der Waals surface area contributed by atoms with Crippen LogP contribution in [0.3, 0.4) is 0 Å². The molecule has 29 heavy (non-hydrogen) atoms. The molecule has 0 fully saturated rings. The minimum absolute atomic E-state index is 0.0176. The molecule has 8 heteroatoms. The summed E-state index contributed by atoms with van der Waals surface area (Å²) in [5.74, 6) is 0.283. The van der Waals surface area contributed by atoms with Gasteiger partial charge in [-0.1, -0.05) is 12.1 Å². The predicted molar refractivity (Wildman–Crippen MR) is 107 cm³/mol. The number of rotatable bonds is 4. The maximum Gasteiger partial charge on any atom is 0.291 e. The van der Waals surface area contributed by atoms with Crippen molar-refractivity contribution in [3.05, 3.63) is 76.4 Å². The first-order valence-corrected chi connectivity index (χ1v) is 9.42. The average molecular weight is 454 g/mol. The quantitative estimate of drug-likeness (QED) is 0.437. The Morgan fingerprint density at radius 1 is 0.931 bits per heavy atom. The lowest BCUT2D eigenvalue weighted by molar-refractivity contribution is 0.0995. The number of nitrogens with one attached hydrogen (secondary N) is 1. The van der Waals surface area contributed by atoms with Crippen LogP contribution in [0.4, 0.5) is 5.69 Å². The van der Waals surface area contributed by atoms with E-state index in [9.17, 15) is 9.59 Å². The fourth-order valence-electron chi connectivity index (χ4n) is 3.11. The van der Waals surface area contributed by atoms with Gasteiger partial charge in [0.1, 0.15) is 5.58 Å². The molecule has 2 aromatic heterocycles. The Morgan fingerprint density at radius 2 is 1.76 bits per heavy atom. The molecule has 1 aliphatic heterocycles. The molecule has 4 aromatic rings. The van der Waals surface area contributed by atoms with E-state index in [-0.39, 0.29) is 24.0 Å². The summed E-state index contributed by atoms with van der Waals surface area (Å²) in [4.78, 5) is 25.8. The smallest absolute Gasteiger partial charge is 0.291 e. The second kappa shape index (κ2) is 6.82. The number of carbonyl (C=O) groups is 2. The van der Waals surface area contributed by atoms with E-state index in [0.717, 1.165) is 0 Å². The number of hydrogen-bond acceptors (Lipinski definition) is 6. The zero-order valence-corrected chi connectivity index (χ0v) is 16.3. The Bertz CT molecular complexity index is 1270. The topological polar surface area (TPSA) is 90.9 Å². The van der Waals surface area contributed by atoms with E-state index in [1.54, 1.807) is 48.5 Å². The van der Waals surface area contributed by atoms with Crippen molar-refractivity contribution in [3.63, 3.8) is 0 Å². The Balaban J connectivity index is 1.57. The van der Waals surface area contributed by atoms with Gasteiger partial charge in [-0.25, -0.2) is 0 Å². The number of anilines is 1. The van der Waals surface area contributed by atoms with Gasteiger partial charge in [-0.15, -0.1) is 0 Å². The lowest BCUT2D eigenvalue weighted by atomic mass is 10.1. The van der Waals surface area contributed by atoms with E-state index < -0.39 is 11.7 Å². The highest BCUT2D eigenvalue weighted by Gasteiger charge is 2.26. The van der Waals surface area contributed by atoms with Crippen molar-refractivity contribution >= 4 is 44.3 Å². The summed E-state index contributed by atoms with van der Waals surface area (Å²) in [5.41, 5.74) is 1.11. The molecule has 144 valence electrons. The summed E-state index contributed by atoms with van der Waals surface area (Å²) in [7, 11) is 0. The lowest BCUT2D eigenvalue weighted by Gasteiger charge is -2.05. The summed E-state index contributed by atoms with van der Waals surface area (Å²) >= 11 is 3.17. The first-order chi connectivity index (χ1) is 14.1. The molecule has 3 heterocycles. The summed E-state index contributed by atoms with van der Waals surface area (Å²) < 4.78 is 22.2. The van der Waals surface area contributed by atoms with Crippen molar-refractivity contribution in [2.45, 2.75) is 0 Å². The number of benzene rings is 2. The summed E-state index contributed by atoms with van der Waals surface area (Å²) in [5, 5.41) is 3.35. The van der Waals surface area contributed by atoms with Gasteiger partial charge in [0, 0.05) is 10.9 Å². The second-order valence-electron chi connectivity index (χ2n) is 6.26. The van der Waals surface area contributed by atoms with Crippen LogP contribution in [0, 0.1) is 0 Å². The highest BCUT2D eigenvalue weighted by atomic mass is 79.9. The van der Waals surface area contributed by atoms with E-state index in [4.69, 9.17) is 18.3 Å². The number of fused-ring (bicyclic) bond motifs is 2. The minimum Gasteiger partial charge on any atom is -0.454 e. The van der Waals surface area contributed by atoms with Gasteiger partial charge in [-0.05, 0) is 58.4 Å². The van der Waals surface area contributed by atoms with E-state index in [1.807, 2.05) is 0 Å². The Morgan fingerprint density at radius 3 is 2.59 bits per heavy atom. The molecule has 0 atom stereocenters. The number of carbonyl (C=O) groups excluding carboxylic acids is 2. The summed E-state index contributed by atoms with van der Waals surface area (Å²) in [6, 6.07) is 15.1.